The number of non-ortho nitro benzene ring substituents is 1. The smallest absolute Gasteiger partial charge is 0.271 e. The van der Waals surface area contributed by atoms with Gasteiger partial charge in [0.05, 0.1) is 15.6 Å². The quantitative estimate of drug-likeness (QED) is 0.493. The van der Waals surface area contributed by atoms with E-state index >= 15 is 0 Å². The summed E-state index contributed by atoms with van der Waals surface area (Å²) in [7, 11) is 0. The maximum atomic E-state index is 10.6. The monoisotopic (exact) mass is 300 g/mol. The van der Waals surface area contributed by atoms with E-state index in [-0.39, 0.29) is 16.2 Å². The number of hydrogen-bond donors (Lipinski definition) is 2. The van der Waals surface area contributed by atoms with E-state index in [1.165, 1.54) is 18.2 Å². The van der Waals surface area contributed by atoms with Gasteiger partial charge >= 0.3 is 0 Å². The molecule has 0 aliphatic carbocycles. The van der Waals surface area contributed by atoms with E-state index in [2.05, 4.69) is 5.32 Å². The number of nitro benzene ring substituents is 1. The number of benzene rings is 1. The number of halogens is 1. The van der Waals surface area contributed by atoms with Crippen molar-refractivity contribution in [3.63, 3.8) is 0 Å². The molecule has 6 nitrogen and oxygen atoms in total. The number of nitrogens with two attached hydrogens (primary N) is 1. The fourth-order valence-electron chi connectivity index (χ4n) is 1.88. The highest BCUT2D eigenvalue weighted by molar-refractivity contribution is 7.80. The van der Waals surface area contributed by atoms with Crippen LogP contribution in [0.5, 0.6) is 0 Å². The van der Waals surface area contributed by atoms with Crippen molar-refractivity contribution in [3.8, 4) is 0 Å². The summed E-state index contributed by atoms with van der Waals surface area (Å²) in [6.45, 7) is 3.29. The minimum atomic E-state index is -0.497. The van der Waals surface area contributed by atoms with Crippen molar-refractivity contribution in [3.05, 3.63) is 33.3 Å². The Bertz CT molecular complexity index is 541. The summed E-state index contributed by atoms with van der Waals surface area (Å²) < 4.78 is 0. The third kappa shape index (κ3) is 3.12. The van der Waals surface area contributed by atoms with Crippen molar-refractivity contribution < 1.29 is 4.92 Å². The van der Waals surface area contributed by atoms with E-state index in [1.54, 1.807) is 0 Å². The second-order valence-corrected chi connectivity index (χ2v) is 5.66. The number of likely N-dealkylation sites (tertiary alicyclic amines) is 1. The van der Waals surface area contributed by atoms with Gasteiger partial charge in [-0.1, -0.05) is 11.6 Å². The largest absolute Gasteiger partial charge is 0.345 e. The summed E-state index contributed by atoms with van der Waals surface area (Å²) in [5, 5.41) is 14.3. The summed E-state index contributed by atoms with van der Waals surface area (Å²) in [6.07, 6.45) is 0. The molecular weight excluding hydrogens is 288 g/mol. The normalized spacial score (nSPS) is 16.7. The summed E-state index contributed by atoms with van der Waals surface area (Å²) in [5.41, 5.74) is 6.17. The van der Waals surface area contributed by atoms with Crippen LogP contribution in [-0.4, -0.2) is 33.6 Å². The van der Waals surface area contributed by atoms with Crippen molar-refractivity contribution in [1.29, 1.82) is 0 Å². The molecular formula is C11H13ClN4O2S. The van der Waals surface area contributed by atoms with E-state index in [0.717, 1.165) is 0 Å². The van der Waals surface area contributed by atoms with Crippen LogP contribution in [0.1, 0.15) is 6.92 Å². The number of rotatable bonds is 2. The molecule has 0 amide bonds. The molecule has 1 aliphatic rings. The van der Waals surface area contributed by atoms with Gasteiger partial charge in [-0.05, 0) is 25.2 Å². The Morgan fingerprint density at radius 3 is 2.74 bits per heavy atom. The first-order chi connectivity index (χ1) is 8.78. The van der Waals surface area contributed by atoms with E-state index < -0.39 is 4.92 Å². The van der Waals surface area contributed by atoms with E-state index in [0.29, 0.717) is 23.9 Å². The Kier molecular flexibility index (Phi) is 3.62. The molecule has 0 bridgehead atoms. The predicted octanol–water partition coefficient (Wildman–Crippen LogP) is 1.98. The molecule has 1 aromatic rings. The first-order valence-corrected chi connectivity index (χ1v) is 6.36. The summed E-state index contributed by atoms with van der Waals surface area (Å²) >= 11 is 11.2. The van der Waals surface area contributed by atoms with Crippen LogP contribution in [0, 0.1) is 10.1 Å². The lowest BCUT2D eigenvalue weighted by atomic mass is 9.94. The fourth-order valence-corrected chi connectivity index (χ4v) is 2.34. The van der Waals surface area contributed by atoms with Gasteiger partial charge in [0.2, 0.25) is 0 Å². The van der Waals surface area contributed by atoms with Gasteiger partial charge in [-0.3, -0.25) is 10.1 Å². The molecule has 1 aliphatic heterocycles. The summed E-state index contributed by atoms with van der Waals surface area (Å²) in [6, 6.07) is 4.20. The maximum Gasteiger partial charge on any atom is 0.271 e. The summed E-state index contributed by atoms with van der Waals surface area (Å²) in [5.74, 6) is 0. The molecule has 0 spiro atoms. The molecule has 0 radical (unpaired) electrons. The molecule has 2 rings (SSSR count). The first kappa shape index (κ1) is 14.0. The Morgan fingerprint density at radius 1 is 1.63 bits per heavy atom. The first-order valence-electron chi connectivity index (χ1n) is 5.57. The molecule has 1 aromatic carbocycles. The Balaban J connectivity index is 2.04. The van der Waals surface area contributed by atoms with Crippen molar-refractivity contribution in [2.75, 3.05) is 18.4 Å². The Labute approximate surface area is 120 Å². The Hall–Kier alpha value is -1.44. The SMILES string of the molecule is CC1(N)CN(C(=S)Nc2ccc([N+](=O)[O-])cc2Cl)C1. The highest BCUT2D eigenvalue weighted by Crippen LogP contribution is 2.27. The zero-order valence-electron chi connectivity index (χ0n) is 10.2. The highest BCUT2D eigenvalue weighted by atomic mass is 35.5. The topological polar surface area (TPSA) is 84.4 Å². The van der Waals surface area contributed by atoms with Crippen molar-refractivity contribution >= 4 is 40.3 Å². The number of hydrogen-bond acceptors (Lipinski definition) is 4. The lowest BCUT2D eigenvalue weighted by Crippen LogP contribution is -2.67. The van der Waals surface area contributed by atoms with Gasteiger partial charge < -0.3 is 16.0 Å². The zero-order valence-corrected chi connectivity index (χ0v) is 11.8. The number of nitro groups is 1. The van der Waals surface area contributed by atoms with Gasteiger partial charge in [0.15, 0.2) is 5.11 Å². The minimum absolute atomic E-state index is 0.0556. The van der Waals surface area contributed by atoms with Crippen LogP contribution in [0.15, 0.2) is 18.2 Å². The average Bonchev–Trinajstić information content (AvgIpc) is 2.28. The van der Waals surface area contributed by atoms with Crippen molar-refractivity contribution in [1.82, 2.24) is 4.90 Å². The molecule has 0 aromatic heterocycles. The van der Waals surface area contributed by atoms with Gasteiger partial charge in [0.25, 0.3) is 5.69 Å². The third-order valence-corrected chi connectivity index (χ3v) is 3.47. The van der Waals surface area contributed by atoms with Crippen LogP contribution in [0.25, 0.3) is 0 Å². The summed E-state index contributed by atoms with van der Waals surface area (Å²) in [4.78, 5) is 12.0. The van der Waals surface area contributed by atoms with Gasteiger partial charge in [-0.2, -0.15) is 0 Å². The molecule has 8 heteroatoms. The standard InChI is InChI=1S/C11H13ClN4O2S/c1-11(13)5-15(6-11)10(19)14-9-3-2-7(16(17)18)4-8(9)12/h2-4H,5-6,13H2,1H3,(H,14,19). The van der Waals surface area contributed by atoms with Crippen molar-refractivity contribution in [2.45, 2.75) is 12.5 Å². The van der Waals surface area contributed by atoms with Gasteiger partial charge in [0, 0.05) is 30.8 Å². The number of nitrogens with zero attached hydrogens (tertiary/aromatic N) is 2. The lowest BCUT2D eigenvalue weighted by Gasteiger charge is -2.46. The molecule has 1 heterocycles. The predicted molar refractivity (Wildman–Crippen MR) is 78.5 cm³/mol. The zero-order chi connectivity index (χ0) is 14.2. The second kappa shape index (κ2) is 4.92. The fraction of sp³-hybridized carbons (Fsp3) is 0.364. The minimum Gasteiger partial charge on any atom is -0.345 e. The number of anilines is 1. The van der Waals surface area contributed by atoms with Crippen LogP contribution in [-0.2, 0) is 0 Å². The van der Waals surface area contributed by atoms with Gasteiger partial charge in [0.1, 0.15) is 0 Å². The molecule has 0 saturated carbocycles. The highest BCUT2D eigenvalue weighted by Gasteiger charge is 2.36. The molecule has 1 saturated heterocycles. The van der Waals surface area contributed by atoms with Crippen LogP contribution in [0.3, 0.4) is 0 Å². The van der Waals surface area contributed by atoms with Gasteiger partial charge in [-0.25, -0.2) is 0 Å². The average molecular weight is 301 g/mol. The van der Waals surface area contributed by atoms with Crippen LogP contribution >= 0.6 is 23.8 Å². The molecule has 3 N–H and O–H groups in total. The number of thiocarbonyl (C=S) groups is 1. The second-order valence-electron chi connectivity index (χ2n) is 4.86. The van der Waals surface area contributed by atoms with Gasteiger partial charge in [-0.15, -0.1) is 0 Å². The van der Waals surface area contributed by atoms with Crippen molar-refractivity contribution in [2.24, 2.45) is 5.73 Å². The molecule has 0 atom stereocenters. The molecule has 1 fully saturated rings. The molecule has 102 valence electrons. The van der Waals surface area contributed by atoms with Crippen LogP contribution in [0.4, 0.5) is 11.4 Å². The number of nitrogens with one attached hydrogen (secondary N) is 1. The van der Waals surface area contributed by atoms with E-state index in [4.69, 9.17) is 29.6 Å². The van der Waals surface area contributed by atoms with E-state index in [1.807, 2.05) is 11.8 Å². The molecule has 0 unspecified atom stereocenters. The van der Waals surface area contributed by atoms with Crippen LogP contribution in [0.2, 0.25) is 5.02 Å². The molecule has 19 heavy (non-hydrogen) atoms. The lowest BCUT2D eigenvalue weighted by molar-refractivity contribution is -0.384. The van der Waals surface area contributed by atoms with Crippen LogP contribution < -0.4 is 11.1 Å². The third-order valence-electron chi connectivity index (χ3n) is 2.80. The Morgan fingerprint density at radius 2 is 2.26 bits per heavy atom. The van der Waals surface area contributed by atoms with E-state index in [9.17, 15) is 10.1 Å². The maximum absolute atomic E-state index is 10.6.